The molecule has 4 nitrogen and oxygen atoms in total. The lowest BCUT2D eigenvalue weighted by atomic mass is 10.2. The number of benzene rings is 1. The molecule has 1 rings (SSSR count). The Labute approximate surface area is 138 Å². The van der Waals surface area contributed by atoms with Crippen LogP contribution in [0, 0.1) is 11.6 Å². The molecule has 0 heterocycles. The average Bonchev–Trinajstić information content (AvgIpc) is 2.54. The average molecular weight is 326 g/mol. The summed E-state index contributed by atoms with van der Waals surface area (Å²) in [5.74, 6) is -0.291. The molecule has 1 unspecified atom stereocenters. The van der Waals surface area contributed by atoms with Crippen LogP contribution in [0.5, 0.6) is 0 Å². The second-order valence-corrected chi connectivity index (χ2v) is 5.60. The van der Waals surface area contributed by atoms with Gasteiger partial charge in [0.15, 0.2) is 5.96 Å². The molecule has 0 aliphatic carbocycles. The molecule has 1 aromatic carbocycles. The fourth-order valence-electron chi connectivity index (χ4n) is 2.05. The molecule has 1 aromatic rings. The summed E-state index contributed by atoms with van der Waals surface area (Å²) in [6.45, 7) is 8.73. The standard InChI is InChI=1S/C17H28F2N4/c1-5-13(3)23(4)10-9-21-17(20-6-2)22-12-14-11-15(18)7-8-16(14)19/h7-8,11,13H,5-6,9-10,12H2,1-4H3,(H2,20,21,22). The van der Waals surface area contributed by atoms with Crippen LogP contribution in [0.1, 0.15) is 32.8 Å². The molecule has 1 atom stereocenters. The third-order valence-electron chi connectivity index (χ3n) is 3.86. The van der Waals surface area contributed by atoms with E-state index in [1.54, 1.807) is 0 Å². The minimum Gasteiger partial charge on any atom is -0.357 e. The summed E-state index contributed by atoms with van der Waals surface area (Å²) < 4.78 is 26.8. The van der Waals surface area contributed by atoms with Crippen LogP contribution in [0.4, 0.5) is 8.78 Å². The third kappa shape index (κ3) is 6.95. The summed E-state index contributed by atoms with van der Waals surface area (Å²) in [6.07, 6.45) is 1.10. The SMILES string of the molecule is CCNC(=NCc1cc(F)ccc1F)NCCN(C)C(C)CC. The number of rotatable bonds is 8. The van der Waals surface area contributed by atoms with Gasteiger partial charge in [-0.25, -0.2) is 13.8 Å². The highest BCUT2D eigenvalue weighted by Crippen LogP contribution is 2.10. The van der Waals surface area contributed by atoms with E-state index >= 15 is 0 Å². The lowest BCUT2D eigenvalue weighted by Gasteiger charge is -2.24. The summed E-state index contributed by atoms with van der Waals surface area (Å²) in [7, 11) is 2.09. The van der Waals surface area contributed by atoms with Crippen molar-refractivity contribution in [2.75, 3.05) is 26.7 Å². The number of halogens is 2. The molecule has 0 spiro atoms. The van der Waals surface area contributed by atoms with E-state index in [0.29, 0.717) is 18.5 Å². The monoisotopic (exact) mass is 326 g/mol. The Morgan fingerprint density at radius 2 is 2.00 bits per heavy atom. The minimum absolute atomic E-state index is 0.0973. The maximum atomic E-state index is 13.6. The maximum Gasteiger partial charge on any atom is 0.191 e. The van der Waals surface area contributed by atoms with E-state index in [4.69, 9.17) is 0 Å². The van der Waals surface area contributed by atoms with Gasteiger partial charge in [0.2, 0.25) is 0 Å². The van der Waals surface area contributed by atoms with Gasteiger partial charge in [-0.05, 0) is 45.5 Å². The number of nitrogens with zero attached hydrogens (tertiary/aromatic N) is 2. The van der Waals surface area contributed by atoms with Gasteiger partial charge in [-0.15, -0.1) is 0 Å². The predicted molar refractivity (Wildman–Crippen MR) is 91.6 cm³/mol. The summed E-state index contributed by atoms with van der Waals surface area (Å²) >= 11 is 0. The molecule has 0 bridgehead atoms. The molecule has 0 radical (unpaired) electrons. The van der Waals surface area contributed by atoms with Crippen molar-refractivity contribution in [1.82, 2.24) is 15.5 Å². The highest BCUT2D eigenvalue weighted by Gasteiger charge is 2.07. The van der Waals surface area contributed by atoms with Crippen LogP contribution in [0.15, 0.2) is 23.2 Å². The fraction of sp³-hybridized carbons (Fsp3) is 0.588. The third-order valence-corrected chi connectivity index (χ3v) is 3.86. The number of likely N-dealkylation sites (N-methyl/N-ethyl adjacent to an activating group) is 1. The van der Waals surface area contributed by atoms with E-state index in [-0.39, 0.29) is 12.1 Å². The molecule has 0 aliphatic rings. The Morgan fingerprint density at radius 3 is 2.65 bits per heavy atom. The van der Waals surface area contributed by atoms with Crippen molar-refractivity contribution in [2.24, 2.45) is 4.99 Å². The molecule has 0 saturated heterocycles. The van der Waals surface area contributed by atoms with Gasteiger partial charge in [-0.1, -0.05) is 6.92 Å². The first-order chi connectivity index (χ1) is 11.0. The highest BCUT2D eigenvalue weighted by molar-refractivity contribution is 5.79. The number of hydrogen-bond acceptors (Lipinski definition) is 2. The van der Waals surface area contributed by atoms with Crippen LogP contribution in [-0.2, 0) is 6.54 Å². The predicted octanol–water partition coefficient (Wildman–Crippen LogP) is 2.75. The van der Waals surface area contributed by atoms with Crippen LogP contribution < -0.4 is 10.6 Å². The van der Waals surface area contributed by atoms with E-state index in [9.17, 15) is 8.78 Å². The summed E-state index contributed by atoms with van der Waals surface area (Å²) in [5, 5.41) is 6.32. The summed E-state index contributed by atoms with van der Waals surface area (Å²) in [5.41, 5.74) is 0.249. The molecule has 0 fully saturated rings. The maximum absolute atomic E-state index is 13.6. The van der Waals surface area contributed by atoms with Crippen molar-refractivity contribution in [3.63, 3.8) is 0 Å². The van der Waals surface area contributed by atoms with Crippen LogP contribution in [-0.4, -0.2) is 43.6 Å². The van der Waals surface area contributed by atoms with Gasteiger partial charge < -0.3 is 15.5 Å². The Kier molecular flexibility index (Phi) is 8.55. The number of hydrogen-bond donors (Lipinski definition) is 2. The first-order valence-electron chi connectivity index (χ1n) is 8.14. The summed E-state index contributed by atoms with van der Waals surface area (Å²) in [6, 6.07) is 3.94. The van der Waals surface area contributed by atoms with Gasteiger partial charge in [0.25, 0.3) is 0 Å². The molecule has 0 aliphatic heterocycles. The first-order valence-corrected chi connectivity index (χ1v) is 8.14. The van der Waals surface area contributed by atoms with Crippen molar-refractivity contribution in [3.8, 4) is 0 Å². The van der Waals surface area contributed by atoms with Crippen molar-refractivity contribution >= 4 is 5.96 Å². The molecule has 0 amide bonds. The zero-order valence-corrected chi connectivity index (χ0v) is 14.5. The molecule has 130 valence electrons. The van der Waals surface area contributed by atoms with E-state index in [0.717, 1.165) is 31.6 Å². The zero-order chi connectivity index (χ0) is 17.2. The summed E-state index contributed by atoms with van der Waals surface area (Å²) in [4.78, 5) is 6.58. The lowest BCUT2D eigenvalue weighted by Crippen LogP contribution is -2.42. The number of guanidine groups is 1. The van der Waals surface area contributed by atoms with Crippen LogP contribution in [0.25, 0.3) is 0 Å². The van der Waals surface area contributed by atoms with E-state index < -0.39 is 11.6 Å². The minimum atomic E-state index is -0.454. The van der Waals surface area contributed by atoms with Gasteiger partial charge >= 0.3 is 0 Å². The van der Waals surface area contributed by atoms with Crippen molar-refractivity contribution in [3.05, 3.63) is 35.4 Å². The molecule has 23 heavy (non-hydrogen) atoms. The first kappa shape index (κ1) is 19.4. The van der Waals surface area contributed by atoms with Crippen LogP contribution in [0.2, 0.25) is 0 Å². The Morgan fingerprint density at radius 1 is 1.26 bits per heavy atom. The Bertz CT molecular complexity index is 505. The van der Waals surface area contributed by atoms with Crippen molar-refractivity contribution in [1.29, 1.82) is 0 Å². The Hall–Kier alpha value is -1.69. The molecule has 0 aromatic heterocycles. The van der Waals surface area contributed by atoms with E-state index in [2.05, 4.69) is 41.4 Å². The molecular weight excluding hydrogens is 298 g/mol. The molecule has 6 heteroatoms. The van der Waals surface area contributed by atoms with Gasteiger partial charge in [-0.3, -0.25) is 0 Å². The van der Waals surface area contributed by atoms with Gasteiger partial charge in [0.05, 0.1) is 6.54 Å². The van der Waals surface area contributed by atoms with Crippen LogP contribution in [0.3, 0.4) is 0 Å². The second-order valence-electron chi connectivity index (χ2n) is 5.60. The number of nitrogens with one attached hydrogen (secondary N) is 2. The van der Waals surface area contributed by atoms with Gasteiger partial charge in [0, 0.05) is 31.2 Å². The fourth-order valence-corrected chi connectivity index (χ4v) is 2.05. The van der Waals surface area contributed by atoms with E-state index in [1.807, 2.05) is 6.92 Å². The van der Waals surface area contributed by atoms with Gasteiger partial charge in [-0.2, -0.15) is 0 Å². The molecular formula is C17H28F2N4. The quantitative estimate of drug-likeness (QED) is 0.570. The molecule has 2 N–H and O–H groups in total. The Balaban J connectivity index is 2.58. The number of aliphatic imine (C=N–C) groups is 1. The van der Waals surface area contributed by atoms with Gasteiger partial charge in [0.1, 0.15) is 11.6 Å². The zero-order valence-electron chi connectivity index (χ0n) is 14.5. The highest BCUT2D eigenvalue weighted by atomic mass is 19.1. The largest absolute Gasteiger partial charge is 0.357 e. The normalized spacial score (nSPS) is 13.3. The second kappa shape index (κ2) is 10.2. The van der Waals surface area contributed by atoms with E-state index in [1.165, 1.54) is 6.07 Å². The topological polar surface area (TPSA) is 39.7 Å². The van der Waals surface area contributed by atoms with Crippen molar-refractivity contribution < 1.29 is 8.78 Å². The van der Waals surface area contributed by atoms with Crippen molar-refractivity contribution in [2.45, 2.75) is 39.8 Å². The lowest BCUT2D eigenvalue weighted by molar-refractivity contribution is 0.255. The van der Waals surface area contributed by atoms with Crippen LogP contribution >= 0.6 is 0 Å². The molecule has 0 saturated carbocycles. The smallest absolute Gasteiger partial charge is 0.191 e.